The van der Waals surface area contributed by atoms with Gasteiger partial charge in [-0.05, 0) is 29.9 Å². The van der Waals surface area contributed by atoms with Crippen LogP contribution in [0.2, 0.25) is 0 Å². The molecule has 5 heteroatoms. The van der Waals surface area contributed by atoms with Crippen molar-refractivity contribution >= 4 is 17.5 Å². The number of carbonyl (C=O) groups excluding carboxylic acids is 3. The lowest BCUT2D eigenvalue weighted by atomic mass is 9.78. The average molecular weight is 348 g/mol. The maximum atomic E-state index is 12.5. The molecule has 0 saturated carbocycles. The number of rotatable bonds is 5. The van der Waals surface area contributed by atoms with Crippen LogP contribution in [0.3, 0.4) is 0 Å². The summed E-state index contributed by atoms with van der Waals surface area (Å²) >= 11 is 0. The first-order valence-electron chi connectivity index (χ1n) is 8.40. The number of hydrogen-bond donors (Lipinski definition) is 1. The largest absolute Gasteiger partial charge is 0.507 e. The number of ketones is 2. The summed E-state index contributed by atoms with van der Waals surface area (Å²) in [5.74, 6) is -2.17. The zero-order valence-electron chi connectivity index (χ0n) is 16.1. The van der Waals surface area contributed by atoms with Crippen LogP contribution in [0.25, 0.3) is 0 Å². The van der Waals surface area contributed by atoms with Gasteiger partial charge in [-0.2, -0.15) is 0 Å². The van der Waals surface area contributed by atoms with E-state index in [4.69, 9.17) is 0 Å². The second kappa shape index (κ2) is 7.38. The summed E-state index contributed by atoms with van der Waals surface area (Å²) in [5.41, 5.74) is 0.806. The summed E-state index contributed by atoms with van der Waals surface area (Å²) in [6.07, 6.45) is -0.545. The molecule has 0 unspecified atom stereocenters. The summed E-state index contributed by atoms with van der Waals surface area (Å²) in [7, 11) is 0. The third-order valence-electron chi connectivity index (χ3n) is 3.87. The van der Waals surface area contributed by atoms with Crippen molar-refractivity contribution in [3.63, 3.8) is 0 Å². The standard InChI is InChI=1S/C20H28O5/c1-8-25-18(24)16(22)11-15(21)12-9-13(19(2,3)4)17(23)14(10-12)20(5,6)7/h9-10,23H,8,11H2,1-7H3. The van der Waals surface area contributed by atoms with Gasteiger partial charge in [0.25, 0.3) is 0 Å². The van der Waals surface area contributed by atoms with E-state index in [1.54, 1.807) is 19.1 Å². The Labute approximate surface area is 149 Å². The molecule has 0 aliphatic rings. The summed E-state index contributed by atoms with van der Waals surface area (Å²) in [6, 6.07) is 3.21. The maximum absolute atomic E-state index is 12.5. The van der Waals surface area contributed by atoms with Gasteiger partial charge >= 0.3 is 5.97 Å². The molecule has 0 aliphatic carbocycles. The fraction of sp³-hybridized carbons (Fsp3) is 0.550. The summed E-state index contributed by atoms with van der Waals surface area (Å²) in [5, 5.41) is 10.7. The third-order valence-corrected chi connectivity index (χ3v) is 3.87. The van der Waals surface area contributed by atoms with Crippen LogP contribution in [0.15, 0.2) is 12.1 Å². The Morgan fingerprint density at radius 1 is 0.960 bits per heavy atom. The molecule has 0 heterocycles. The monoisotopic (exact) mass is 348 g/mol. The van der Waals surface area contributed by atoms with E-state index in [2.05, 4.69) is 4.74 Å². The topological polar surface area (TPSA) is 80.7 Å². The molecule has 5 nitrogen and oxygen atoms in total. The first-order valence-corrected chi connectivity index (χ1v) is 8.40. The molecular formula is C20H28O5. The van der Waals surface area contributed by atoms with Gasteiger partial charge in [0.05, 0.1) is 13.0 Å². The van der Waals surface area contributed by atoms with Gasteiger partial charge in [-0.25, -0.2) is 4.79 Å². The molecule has 0 aliphatic heterocycles. The van der Waals surface area contributed by atoms with Crippen LogP contribution in [0, 0.1) is 0 Å². The van der Waals surface area contributed by atoms with E-state index in [0.29, 0.717) is 16.7 Å². The van der Waals surface area contributed by atoms with Gasteiger partial charge < -0.3 is 9.84 Å². The van der Waals surface area contributed by atoms with Gasteiger partial charge in [-0.15, -0.1) is 0 Å². The van der Waals surface area contributed by atoms with E-state index in [9.17, 15) is 19.5 Å². The van der Waals surface area contributed by atoms with Crippen LogP contribution in [0.1, 0.15) is 76.4 Å². The van der Waals surface area contributed by atoms with E-state index >= 15 is 0 Å². The van der Waals surface area contributed by atoms with Crippen LogP contribution < -0.4 is 0 Å². The van der Waals surface area contributed by atoms with Gasteiger partial charge in [-0.1, -0.05) is 41.5 Å². The minimum Gasteiger partial charge on any atom is -0.507 e. The summed E-state index contributed by atoms with van der Waals surface area (Å²) in [4.78, 5) is 35.8. The summed E-state index contributed by atoms with van der Waals surface area (Å²) < 4.78 is 4.63. The van der Waals surface area contributed by atoms with Gasteiger partial charge in [0.1, 0.15) is 5.75 Å². The van der Waals surface area contributed by atoms with Gasteiger partial charge in [0, 0.05) is 16.7 Å². The van der Waals surface area contributed by atoms with Crippen molar-refractivity contribution in [3.05, 3.63) is 28.8 Å². The zero-order valence-corrected chi connectivity index (χ0v) is 16.1. The molecule has 1 N–H and O–H groups in total. The highest BCUT2D eigenvalue weighted by atomic mass is 16.5. The van der Waals surface area contributed by atoms with Crippen molar-refractivity contribution < 1.29 is 24.2 Å². The van der Waals surface area contributed by atoms with Gasteiger partial charge in [0.2, 0.25) is 5.78 Å². The first-order chi connectivity index (χ1) is 11.3. The normalized spacial score (nSPS) is 12.0. The molecule has 0 radical (unpaired) electrons. The molecule has 0 fully saturated rings. The quantitative estimate of drug-likeness (QED) is 0.380. The second-order valence-corrected chi connectivity index (χ2v) is 8.16. The highest BCUT2D eigenvalue weighted by molar-refractivity contribution is 6.38. The van der Waals surface area contributed by atoms with Crippen LogP contribution in [-0.4, -0.2) is 29.2 Å². The molecule has 1 aromatic carbocycles. The highest BCUT2D eigenvalue weighted by Gasteiger charge is 2.29. The molecule has 0 spiro atoms. The Kier molecular flexibility index (Phi) is 6.16. The fourth-order valence-electron chi connectivity index (χ4n) is 2.47. The number of hydrogen-bond acceptors (Lipinski definition) is 5. The van der Waals surface area contributed by atoms with Crippen molar-refractivity contribution in [1.82, 2.24) is 0 Å². The van der Waals surface area contributed by atoms with Crippen LogP contribution in [-0.2, 0) is 25.2 Å². The SMILES string of the molecule is CCOC(=O)C(=O)CC(=O)c1cc(C(C)(C)C)c(O)c(C(C)(C)C)c1. The Hall–Kier alpha value is -2.17. The lowest BCUT2D eigenvalue weighted by molar-refractivity contribution is -0.153. The molecular weight excluding hydrogens is 320 g/mol. The van der Waals surface area contributed by atoms with E-state index < -0.39 is 24.0 Å². The Morgan fingerprint density at radius 2 is 1.40 bits per heavy atom. The van der Waals surface area contributed by atoms with Crippen LogP contribution >= 0.6 is 0 Å². The first kappa shape index (κ1) is 20.9. The van der Waals surface area contributed by atoms with Crippen LogP contribution in [0.4, 0.5) is 0 Å². The average Bonchev–Trinajstić information content (AvgIpc) is 2.44. The fourth-order valence-corrected chi connectivity index (χ4v) is 2.47. The molecule has 1 rings (SSSR count). The minimum atomic E-state index is -0.998. The van der Waals surface area contributed by atoms with Crippen molar-refractivity contribution in [2.75, 3.05) is 6.61 Å². The molecule has 25 heavy (non-hydrogen) atoms. The minimum absolute atomic E-state index is 0.0836. The van der Waals surface area contributed by atoms with Crippen LogP contribution in [0.5, 0.6) is 5.75 Å². The lowest BCUT2D eigenvalue weighted by Crippen LogP contribution is -2.22. The Bertz CT molecular complexity index is 652. The maximum Gasteiger partial charge on any atom is 0.375 e. The molecule has 0 amide bonds. The number of ether oxygens (including phenoxy) is 1. The smallest absolute Gasteiger partial charge is 0.375 e. The van der Waals surface area contributed by atoms with Crippen molar-refractivity contribution in [2.45, 2.75) is 65.7 Å². The Morgan fingerprint density at radius 3 is 1.76 bits per heavy atom. The number of aromatic hydroxyl groups is 1. The van der Waals surface area contributed by atoms with Gasteiger partial charge in [-0.3, -0.25) is 9.59 Å². The number of Topliss-reactive ketones (excluding diaryl/α,β-unsaturated/α-hetero) is 2. The van der Waals surface area contributed by atoms with E-state index in [1.807, 2.05) is 41.5 Å². The van der Waals surface area contributed by atoms with E-state index in [1.165, 1.54) is 0 Å². The molecule has 1 aromatic rings. The number of esters is 1. The van der Waals surface area contributed by atoms with E-state index in [0.717, 1.165) is 0 Å². The van der Waals surface area contributed by atoms with E-state index in [-0.39, 0.29) is 23.2 Å². The predicted molar refractivity (Wildman–Crippen MR) is 96.1 cm³/mol. The zero-order chi connectivity index (χ0) is 19.6. The molecule has 0 bridgehead atoms. The number of phenolic OH excluding ortho intramolecular Hbond substituents is 1. The van der Waals surface area contributed by atoms with Crippen molar-refractivity contribution in [3.8, 4) is 5.75 Å². The number of benzene rings is 1. The third kappa shape index (κ3) is 5.15. The lowest BCUT2D eigenvalue weighted by Gasteiger charge is -2.28. The summed E-state index contributed by atoms with van der Waals surface area (Å²) in [6.45, 7) is 13.3. The molecule has 0 saturated heterocycles. The highest BCUT2D eigenvalue weighted by Crippen LogP contribution is 2.39. The molecule has 0 aromatic heterocycles. The number of phenols is 1. The predicted octanol–water partition coefficient (Wildman–Crippen LogP) is 3.69. The van der Waals surface area contributed by atoms with Crippen molar-refractivity contribution in [2.24, 2.45) is 0 Å². The number of carbonyl (C=O) groups is 3. The Balaban J connectivity index is 3.34. The molecule has 138 valence electrons. The van der Waals surface area contributed by atoms with Crippen molar-refractivity contribution in [1.29, 1.82) is 0 Å². The molecule has 0 atom stereocenters. The second-order valence-electron chi connectivity index (χ2n) is 8.16. The van der Waals surface area contributed by atoms with Gasteiger partial charge in [0.15, 0.2) is 5.78 Å².